The van der Waals surface area contributed by atoms with E-state index in [9.17, 15) is 18.0 Å². The van der Waals surface area contributed by atoms with Crippen LogP contribution in [0.4, 0.5) is 13.2 Å². The number of hydrogen-bond donors (Lipinski definition) is 1. The van der Waals surface area contributed by atoms with Crippen LogP contribution < -0.4 is 5.43 Å². The van der Waals surface area contributed by atoms with Crippen LogP contribution in [0.2, 0.25) is 0 Å². The summed E-state index contributed by atoms with van der Waals surface area (Å²) >= 11 is 0. The third-order valence-corrected chi connectivity index (χ3v) is 4.86. The molecule has 0 radical (unpaired) electrons. The lowest BCUT2D eigenvalue weighted by Gasteiger charge is -2.14. The first-order valence-corrected chi connectivity index (χ1v) is 8.75. The molecule has 0 fully saturated rings. The van der Waals surface area contributed by atoms with E-state index in [1.54, 1.807) is 43.3 Å². The number of nitrogens with one attached hydrogen (secondary N) is 1. The maximum absolute atomic E-state index is 13.3. The Morgan fingerprint density at radius 1 is 0.786 bits per heavy atom. The lowest BCUT2D eigenvalue weighted by Crippen LogP contribution is -2.09. The molecule has 1 aromatic heterocycles. The molecule has 4 aromatic rings. The highest BCUT2D eigenvalue weighted by atomic mass is 19.4. The minimum Gasteiger partial charge on any atom is -0.354 e. The molecule has 2 nitrogen and oxygen atoms in total. The van der Waals surface area contributed by atoms with Gasteiger partial charge in [0.1, 0.15) is 0 Å². The Kier molecular flexibility index (Phi) is 4.30. The summed E-state index contributed by atoms with van der Waals surface area (Å²) in [6.07, 6.45) is -4.42. The second-order valence-corrected chi connectivity index (χ2v) is 6.62. The van der Waals surface area contributed by atoms with E-state index in [-0.39, 0.29) is 11.0 Å². The number of H-pyrrole nitrogens is 1. The number of halogens is 3. The molecule has 4 rings (SSSR count). The van der Waals surface area contributed by atoms with E-state index in [1.807, 2.05) is 18.2 Å². The summed E-state index contributed by atoms with van der Waals surface area (Å²) in [5, 5.41) is 0.611. The summed E-state index contributed by atoms with van der Waals surface area (Å²) < 4.78 is 39.9. The van der Waals surface area contributed by atoms with E-state index in [0.29, 0.717) is 22.2 Å². The minimum atomic E-state index is -4.42. The van der Waals surface area contributed by atoms with Gasteiger partial charge >= 0.3 is 6.18 Å². The molecule has 28 heavy (non-hydrogen) atoms. The summed E-state index contributed by atoms with van der Waals surface area (Å²) in [5.41, 5.74) is 2.58. The fourth-order valence-electron chi connectivity index (χ4n) is 3.42. The molecular formula is C23H16F3NO. The number of hydrogen-bond acceptors (Lipinski definition) is 1. The summed E-state index contributed by atoms with van der Waals surface area (Å²) in [5.74, 6) is 0. The van der Waals surface area contributed by atoms with Crippen molar-refractivity contribution in [2.24, 2.45) is 0 Å². The van der Waals surface area contributed by atoms with Gasteiger partial charge in [0, 0.05) is 16.5 Å². The maximum Gasteiger partial charge on any atom is 0.417 e. The van der Waals surface area contributed by atoms with Crippen LogP contribution in [-0.4, -0.2) is 4.98 Å². The van der Waals surface area contributed by atoms with Gasteiger partial charge < -0.3 is 4.98 Å². The van der Waals surface area contributed by atoms with Gasteiger partial charge in [0.25, 0.3) is 0 Å². The Morgan fingerprint density at radius 3 is 2.11 bits per heavy atom. The average Bonchev–Trinajstić information content (AvgIpc) is 2.70. The van der Waals surface area contributed by atoms with Gasteiger partial charge in [-0.25, -0.2) is 0 Å². The summed E-state index contributed by atoms with van der Waals surface area (Å²) in [4.78, 5) is 15.9. The zero-order valence-corrected chi connectivity index (χ0v) is 15.0. The molecule has 5 heteroatoms. The third-order valence-electron chi connectivity index (χ3n) is 4.86. The lowest BCUT2D eigenvalue weighted by atomic mass is 9.96. The number of rotatable bonds is 2. The van der Waals surface area contributed by atoms with E-state index in [4.69, 9.17) is 0 Å². The first-order valence-electron chi connectivity index (χ1n) is 8.75. The maximum atomic E-state index is 13.3. The number of para-hydroxylation sites is 1. The smallest absolute Gasteiger partial charge is 0.354 e. The molecule has 0 aliphatic heterocycles. The molecular weight excluding hydrogens is 363 g/mol. The number of benzene rings is 3. The van der Waals surface area contributed by atoms with Crippen molar-refractivity contribution in [2.75, 3.05) is 0 Å². The van der Waals surface area contributed by atoms with E-state index in [1.165, 1.54) is 12.1 Å². The minimum absolute atomic E-state index is 0.0594. The quantitative estimate of drug-likeness (QED) is 0.443. The Labute approximate surface area is 159 Å². The van der Waals surface area contributed by atoms with Gasteiger partial charge in [-0.05, 0) is 41.8 Å². The topological polar surface area (TPSA) is 32.9 Å². The highest BCUT2D eigenvalue weighted by Crippen LogP contribution is 2.37. The Balaban J connectivity index is 1.82. The molecule has 0 bridgehead atoms. The van der Waals surface area contributed by atoms with Crippen LogP contribution in [0.15, 0.2) is 77.6 Å². The Hall–Kier alpha value is -3.34. The molecule has 3 aromatic carbocycles. The molecule has 0 aliphatic rings. The molecule has 0 aliphatic carbocycles. The number of pyridine rings is 1. The van der Waals surface area contributed by atoms with Crippen LogP contribution in [-0.2, 0) is 6.18 Å². The molecule has 0 saturated heterocycles. The van der Waals surface area contributed by atoms with Gasteiger partial charge in [-0.2, -0.15) is 13.2 Å². The van der Waals surface area contributed by atoms with Gasteiger partial charge in [-0.15, -0.1) is 0 Å². The van der Waals surface area contributed by atoms with Crippen molar-refractivity contribution >= 4 is 10.9 Å². The molecule has 0 amide bonds. The number of aromatic amines is 1. The molecule has 140 valence electrons. The SMILES string of the molecule is Cc1c(-c2ccc(-c3ccccc3C(F)(F)F)cc2)[nH]c2ccccc2c1=O. The highest BCUT2D eigenvalue weighted by Gasteiger charge is 2.33. The number of alkyl halides is 3. The zero-order valence-electron chi connectivity index (χ0n) is 15.0. The van der Waals surface area contributed by atoms with E-state index in [2.05, 4.69) is 4.98 Å². The summed E-state index contributed by atoms with van der Waals surface area (Å²) in [7, 11) is 0. The largest absolute Gasteiger partial charge is 0.417 e. The van der Waals surface area contributed by atoms with Gasteiger partial charge in [-0.3, -0.25) is 4.79 Å². The van der Waals surface area contributed by atoms with Crippen molar-refractivity contribution < 1.29 is 13.2 Å². The number of fused-ring (bicyclic) bond motifs is 1. The van der Waals surface area contributed by atoms with Crippen molar-refractivity contribution in [2.45, 2.75) is 13.1 Å². The van der Waals surface area contributed by atoms with Crippen LogP contribution in [0.5, 0.6) is 0 Å². The lowest BCUT2D eigenvalue weighted by molar-refractivity contribution is -0.137. The predicted molar refractivity (Wildman–Crippen MR) is 105 cm³/mol. The van der Waals surface area contributed by atoms with Crippen molar-refractivity contribution in [1.29, 1.82) is 0 Å². The van der Waals surface area contributed by atoms with Crippen LogP contribution in [0.25, 0.3) is 33.3 Å². The van der Waals surface area contributed by atoms with Crippen molar-refractivity contribution in [3.8, 4) is 22.4 Å². The Morgan fingerprint density at radius 2 is 1.39 bits per heavy atom. The molecule has 0 unspecified atom stereocenters. The standard InChI is InChI=1S/C23H16F3NO/c1-14-21(27-20-9-5-3-7-18(20)22(14)28)16-12-10-15(11-13-16)17-6-2-4-8-19(17)23(24,25)26/h2-13H,1H3,(H,27,28). The Bertz CT molecular complexity index is 1220. The summed E-state index contributed by atoms with van der Waals surface area (Å²) in [6.45, 7) is 1.74. The van der Waals surface area contributed by atoms with Gasteiger partial charge in [0.15, 0.2) is 5.43 Å². The second-order valence-electron chi connectivity index (χ2n) is 6.62. The fraction of sp³-hybridized carbons (Fsp3) is 0.0870. The van der Waals surface area contributed by atoms with Crippen molar-refractivity contribution in [1.82, 2.24) is 4.98 Å². The molecule has 1 heterocycles. The number of aromatic nitrogens is 1. The monoisotopic (exact) mass is 379 g/mol. The zero-order chi connectivity index (χ0) is 19.9. The van der Waals surface area contributed by atoms with E-state index < -0.39 is 11.7 Å². The molecule has 0 saturated carbocycles. The van der Waals surface area contributed by atoms with E-state index in [0.717, 1.165) is 17.1 Å². The normalized spacial score (nSPS) is 11.7. The van der Waals surface area contributed by atoms with Crippen molar-refractivity contribution in [3.05, 3.63) is 94.1 Å². The molecule has 1 N–H and O–H groups in total. The van der Waals surface area contributed by atoms with E-state index >= 15 is 0 Å². The summed E-state index contributed by atoms with van der Waals surface area (Å²) in [6, 6.07) is 19.5. The predicted octanol–water partition coefficient (Wildman–Crippen LogP) is 6.19. The van der Waals surface area contributed by atoms with Gasteiger partial charge in [0.2, 0.25) is 0 Å². The third kappa shape index (κ3) is 3.09. The molecule has 0 atom stereocenters. The van der Waals surface area contributed by atoms with Crippen LogP contribution >= 0.6 is 0 Å². The average molecular weight is 379 g/mol. The highest BCUT2D eigenvalue weighted by molar-refractivity contribution is 5.83. The van der Waals surface area contributed by atoms with Gasteiger partial charge in [-0.1, -0.05) is 54.6 Å². The van der Waals surface area contributed by atoms with Crippen LogP contribution in [0.3, 0.4) is 0 Å². The van der Waals surface area contributed by atoms with Crippen LogP contribution in [0.1, 0.15) is 11.1 Å². The fourth-order valence-corrected chi connectivity index (χ4v) is 3.42. The van der Waals surface area contributed by atoms with Crippen molar-refractivity contribution in [3.63, 3.8) is 0 Å². The van der Waals surface area contributed by atoms with Gasteiger partial charge in [0.05, 0.1) is 11.3 Å². The first-order chi connectivity index (χ1) is 13.4. The van der Waals surface area contributed by atoms with Crippen LogP contribution in [0, 0.1) is 6.92 Å². The second kappa shape index (κ2) is 6.68. The first kappa shape index (κ1) is 18.0. The molecule has 0 spiro atoms.